The van der Waals surface area contributed by atoms with Gasteiger partial charge in [-0.1, -0.05) is 45.9 Å². The van der Waals surface area contributed by atoms with Crippen LogP contribution in [-0.4, -0.2) is 70.1 Å². The number of carboxylic acid groups (broad SMARTS) is 2. The topological polar surface area (TPSA) is 133 Å². The van der Waals surface area contributed by atoms with E-state index < -0.39 is 35.8 Å². The molecule has 8 nitrogen and oxygen atoms in total. The van der Waals surface area contributed by atoms with Crippen LogP contribution in [0.5, 0.6) is 0 Å². The van der Waals surface area contributed by atoms with Crippen LogP contribution in [0, 0.1) is 0 Å². The van der Waals surface area contributed by atoms with E-state index >= 15 is 0 Å². The predicted octanol–water partition coefficient (Wildman–Crippen LogP) is 4.36. The van der Waals surface area contributed by atoms with Crippen molar-refractivity contribution < 1.29 is 29.4 Å². The Kier molecular flexibility index (Phi) is 13.1. The Morgan fingerprint density at radius 1 is 0.694 bits per heavy atom. The predicted molar refractivity (Wildman–Crippen MR) is 148 cm³/mol. The zero-order valence-corrected chi connectivity index (χ0v) is 23.0. The first kappa shape index (κ1) is 29.9. The van der Waals surface area contributed by atoms with E-state index in [-0.39, 0.29) is 0 Å². The minimum atomic E-state index is -1.09. The van der Waals surface area contributed by atoms with Crippen molar-refractivity contribution in [3.8, 4) is 0 Å². The molecule has 194 valence electrons. The lowest BCUT2D eigenvalue weighted by Crippen LogP contribution is -2.41. The number of aliphatic carboxylic acids is 2. The highest BCUT2D eigenvalue weighted by Crippen LogP contribution is 2.40. The summed E-state index contributed by atoms with van der Waals surface area (Å²) in [4.78, 5) is 50.0. The summed E-state index contributed by atoms with van der Waals surface area (Å²) in [6.45, 7) is 0. The normalized spacial score (nSPS) is 12.4. The van der Waals surface area contributed by atoms with E-state index in [2.05, 4.69) is 10.6 Å². The lowest BCUT2D eigenvalue weighted by Gasteiger charge is -2.16. The van der Waals surface area contributed by atoms with Crippen LogP contribution < -0.4 is 10.6 Å². The maximum atomic E-state index is 12.9. The summed E-state index contributed by atoms with van der Waals surface area (Å²) in [5.74, 6) is -1.96. The number of amides is 2. The number of carbonyl (C=O) groups is 4. The van der Waals surface area contributed by atoms with Gasteiger partial charge in [-0.05, 0) is 61.1 Å². The van der Waals surface area contributed by atoms with E-state index in [4.69, 9.17) is 0 Å². The summed E-state index contributed by atoms with van der Waals surface area (Å²) >= 11 is 3.01. The third-order valence-corrected chi connectivity index (χ3v) is 8.68. The Labute approximate surface area is 226 Å². The fraction of sp³-hybridized carbons (Fsp3) is 0.333. The van der Waals surface area contributed by atoms with Gasteiger partial charge in [-0.25, -0.2) is 9.59 Å². The molecule has 2 atom stereocenters. The van der Waals surface area contributed by atoms with Gasteiger partial charge < -0.3 is 20.8 Å². The molecule has 0 heterocycles. The molecule has 2 aromatic rings. The van der Waals surface area contributed by atoms with Crippen LogP contribution in [0.1, 0.15) is 33.6 Å². The highest BCUT2D eigenvalue weighted by molar-refractivity contribution is 8.76. The molecule has 0 spiro atoms. The van der Waals surface area contributed by atoms with Gasteiger partial charge in [-0.3, -0.25) is 9.59 Å². The van der Waals surface area contributed by atoms with E-state index in [0.717, 1.165) is 0 Å². The van der Waals surface area contributed by atoms with E-state index in [0.29, 0.717) is 45.3 Å². The molecular formula is C24H28N2O6S4. The summed E-state index contributed by atoms with van der Waals surface area (Å²) in [7, 11) is 2.51. The number of nitrogens with one attached hydrogen (secondary N) is 2. The van der Waals surface area contributed by atoms with Crippen molar-refractivity contribution in [1.29, 1.82) is 0 Å². The van der Waals surface area contributed by atoms with E-state index in [1.807, 2.05) is 12.5 Å². The summed E-state index contributed by atoms with van der Waals surface area (Å²) in [5.41, 5.74) is 0.658. The molecule has 0 bridgehead atoms. The minimum absolute atomic E-state index is 0.309. The Balaban J connectivity index is 2.16. The lowest BCUT2D eigenvalue weighted by atomic mass is 10.1. The number of carboxylic acids is 2. The smallest absolute Gasteiger partial charge is 0.326 e. The molecule has 0 aliphatic rings. The number of hydrogen-bond donors (Lipinski definition) is 4. The molecule has 36 heavy (non-hydrogen) atoms. The van der Waals surface area contributed by atoms with Crippen molar-refractivity contribution in [2.45, 2.75) is 34.7 Å². The highest BCUT2D eigenvalue weighted by atomic mass is 33.1. The van der Waals surface area contributed by atoms with Crippen LogP contribution in [0.2, 0.25) is 0 Å². The quantitative estimate of drug-likeness (QED) is 0.230. The van der Waals surface area contributed by atoms with Crippen molar-refractivity contribution in [3.05, 3.63) is 59.7 Å². The molecule has 12 heteroatoms. The maximum absolute atomic E-state index is 12.9. The van der Waals surface area contributed by atoms with Crippen LogP contribution in [-0.2, 0) is 9.59 Å². The molecule has 0 saturated carbocycles. The van der Waals surface area contributed by atoms with Crippen molar-refractivity contribution in [2.75, 3.05) is 24.0 Å². The average molecular weight is 569 g/mol. The molecule has 0 saturated heterocycles. The largest absolute Gasteiger partial charge is 0.480 e. The molecule has 2 rings (SSSR count). The standard InChI is InChI=1S/C24H28N2O6S4/c1-33-13-11-17(23(29)30)25-21(27)15-7-3-5-9-19(15)35-36-20-10-6-4-8-16(20)22(28)26-18(24(31)32)12-14-34-2/h3-10,17-18H,11-14H2,1-2H3,(H,25,27)(H,26,28)(H,29,30)(H,31,32)/t17-,18-/m0/s1. The van der Waals surface area contributed by atoms with Crippen LogP contribution in [0.15, 0.2) is 58.3 Å². The zero-order valence-electron chi connectivity index (χ0n) is 19.8. The molecule has 4 N–H and O–H groups in total. The number of hydrogen-bond acceptors (Lipinski definition) is 8. The number of rotatable bonds is 15. The first-order chi connectivity index (χ1) is 17.3. The Bertz CT molecular complexity index is 985. The van der Waals surface area contributed by atoms with Gasteiger partial charge in [0.25, 0.3) is 11.8 Å². The number of thioether (sulfide) groups is 2. The summed E-state index contributed by atoms with van der Waals surface area (Å²) in [6.07, 6.45) is 4.36. The molecule has 0 aliphatic carbocycles. The number of carbonyl (C=O) groups excluding carboxylic acids is 2. The number of benzene rings is 2. The van der Waals surface area contributed by atoms with Gasteiger partial charge in [-0.15, -0.1) is 0 Å². The first-order valence-corrected chi connectivity index (χ1v) is 15.8. The molecule has 2 aromatic carbocycles. The maximum Gasteiger partial charge on any atom is 0.326 e. The second-order valence-electron chi connectivity index (χ2n) is 7.45. The third-order valence-electron chi connectivity index (χ3n) is 4.91. The van der Waals surface area contributed by atoms with Crippen molar-refractivity contribution >= 4 is 68.9 Å². The monoisotopic (exact) mass is 568 g/mol. The Hall–Kier alpha value is -2.28. The molecule has 0 aromatic heterocycles. The fourth-order valence-corrected chi connectivity index (χ4v) is 6.30. The van der Waals surface area contributed by atoms with Gasteiger partial charge in [0, 0.05) is 9.79 Å². The van der Waals surface area contributed by atoms with Gasteiger partial charge in [0.05, 0.1) is 11.1 Å². The van der Waals surface area contributed by atoms with Crippen LogP contribution >= 0.6 is 45.1 Å². The molecular weight excluding hydrogens is 541 g/mol. The molecule has 0 unspecified atom stereocenters. The minimum Gasteiger partial charge on any atom is -0.480 e. The second-order valence-corrected chi connectivity index (χ2v) is 11.6. The molecule has 0 radical (unpaired) electrons. The summed E-state index contributed by atoms with van der Waals surface area (Å²) in [5, 5.41) is 24.0. The summed E-state index contributed by atoms with van der Waals surface area (Å²) < 4.78 is 0. The average Bonchev–Trinajstić information content (AvgIpc) is 2.87. The van der Waals surface area contributed by atoms with Gasteiger partial charge in [0.1, 0.15) is 12.1 Å². The van der Waals surface area contributed by atoms with Crippen LogP contribution in [0.4, 0.5) is 0 Å². The van der Waals surface area contributed by atoms with Crippen molar-refractivity contribution in [3.63, 3.8) is 0 Å². The Morgan fingerprint density at radius 2 is 1.06 bits per heavy atom. The summed E-state index contributed by atoms with van der Waals surface area (Å²) in [6, 6.07) is 11.7. The molecule has 0 aliphatic heterocycles. The third kappa shape index (κ3) is 9.30. The zero-order chi connectivity index (χ0) is 26.5. The van der Waals surface area contributed by atoms with Gasteiger partial charge in [0.15, 0.2) is 0 Å². The lowest BCUT2D eigenvalue weighted by molar-refractivity contribution is -0.140. The Morgan fingerprint density at radius 3 is 1.39 bits per heavy atom. The van der Waals surface area contributed by atoms with Gasteiger partial charge in [0.2, 0.25) is 0 Å². The van der Waals surface area contributed by atoms with E-state index in [1.165, 1.54) is 45.1 Å². The van der Waals surface area contributed by atoms with Crippen LogP contribution in [0.25, 0.3) is 0 Å². The molecule has 0 fully saturated rings. The van der Waals surface area contributed by atoms with Crippen molar-refractivity contribution in [1.82, 2.24) is 10.6 Å². The van der Waals surface area contributed by atoms with Gasteiger partial charge in [-0.2, -0.15) is 23.5 Å². The van der Waals surface area contributed by atoms with E-state index in [9.17, 15) is 29.4 Å². The molecule has 2 amide bonds. The second kappa shape index (κ2) is 15.7. The van der Waals surface area contributed by atoms with Gasteiger partial charge >= 0.3 is 11.9 Å². The first-order valence-electron chi connectivity index (χ1n) is 10.9. The SMILES string of the molecule is CSCC[C@H](NC(=O)c1ccccc1SSc1ccccc1C(=O)N[C@@H](CCSC)C(=O)O)C(=O)O. The highest BCUT2D eigenvalue weighted by Gasteiger charge is 2.24. The fourth-order valence-electron chi connectivity index (χ4n) is 3.00. The van der Waals surface area contributed by atoms with Crippen LogP contribution in [0.3, 0.4) is 0 Å². The van der Waals surface area contributed by atoms with E-state index in [1.54, 1.807) is 48.5 Å². The van der Waals surface area contributed by atoms with Crippen molar-refractivity contribution in [2.24, 2.45) is 0 Å².